The van der Waals surface area contributed by atoms with Crippen molar-refractivity contribution < 1.29 is 27.1 Å². The van der Waals surface area contributed by atoms with Crippen molar-refractivity contribution >= 4 is 16.9 Å². The van der Waals surface area contributed by atoms with E-state index in [9.17, 15) is 22.8 Å². The van der Waals surface area contributed by atoms with Gasteiger partial charge in [0.15, 0.2) is 0 Å². The molecular weight excluding hydrogens is 409 g/mol. The van der Waals surface area contributed by atoms with Crippen LogP contribution in [-0.4, -0.2) is 5.97 Å². The second-order valence-electron chi connectivity index (χ2n) is 6.86. The van der Waals surface area contributed by atoms with E-state index in [1.165, 1.54) is 36.4 Å². The summed E-state index contributed by atoms with van der Waals surface area (Å²) in [6, 6.07) is 18.0. The number of esters is 1. The van der Waals surface area contributed by atoms with E-state index in [4.69, 9.17) is 9.15 Å². The van der Waals surface area contributed by atoms with Crippen LogP contribution in [-0.2, 0) is 6.18 Å². The number of fused-ring (bicyclic) bond motifs is 1. The molecule has 0 amide bonds. The van der Waals surface area contributed by atoms with Gasteiger partial charge in [-0.1, -0.05) is 48.5 Å². The molecule has 0 aliphatic rings. The number of hydrogen-bond acceptors (Lipinski definition) is 4. The Labute approximate surface area is 174 Å². The van der Waals surface area contributed by atoms with Gasteiger partial charge in [0.2, 0.25) is 11.2 Å². The van der Waals surface area contributed by atoms with Gasteiger partial charge in [0, 0.05) is 6.07 Å². The largest absolute Gasteiger partial charge is 0.450 e. The highest BCUT2D eigenvalue weighted by atomic mass is 19.4. The Morgan fingerprint density at radius 3 is 2.29 bits per heavy atom. The first-order chi connectivity index (χ1) is 14.8. The van der Waals surface area contributed by atoms with Crippen molar-refractivity contribution in [3.63, 3.8) is 0 Å². The molecule has 0 saturated carbocycles. The molecule has 4 rings (SSSR count). The first kappa shape index (κ1) is 20.4. The molecule has 0 spiro atoms. The Kier molecular flexibility index (Phi) is 5.10. The molecule has 7 heteroatoms. The van der Waals surface area contributed by atoms with E-state index >= 15 is 0 Å². The van der Waals surface area contributed by atoms with Crippen LogP contribution in [0.25, 0.3) is 22.1 Å². The van der Waals surface area contributed by atoms with Gasteiger partial charge in [-0.05, 0) is 36.2 Å². The third kappa shape index (κ3) is 3.94. The molecule has 0 aliphatic carbocycles. The number of aryl methyl sites for hydroxylation is 1. The van der Waals surface area contributed by atoms with E-state index in [1.54, 1.807) is 37.3 Å². The van der Waals surface area contributed by atoms with Crippen molar-refractivity contribution in [3.05, 3.63) is 99.9 Å². The van der Waals surface area contributed by atoms with Crippen molar-refractivity contribution in [1.29, 1.82) is 0 Å². The summed E-state index contributed by atoms with van der Waals surface area (Å²) in [5, 5.41) is -0.0532. The maximum Gasteiger partial charge on any atom is 0.450 e. The zero-order valence-electron chi connectivity index (χ0n) is 16.2. The van der Waals surface area contributed by atoms with Gasteiger partial charge >= 0.3 is 12.1 Å². The lowest BCUT2D eigenvalue weighted by atomic mass is 10.0. The van der Waals surface area contributed by atoms with E-state index in [0.717, 1.165) is 6.07 Å². The van der Waals surface area contributed by atoms with E-state index in [1.807, 2.05) is 0 Å². The van der Waals surface area contributed by atoms with Crippen LogP contribution in [0.2, 0.25) is 0 Å². The van der Waals surface area contributed by atoms with Crippen molar-refractivity contribution in [1.82, 2.24) is 0 Å². The molecule has 1 heterocycles. The Morgan fingerprint density at radius 1 is 0.935 bits per heavy atom. The van der Waals surface area contributed by atoms with Gasteiger partial charge < -0.3 is 9.15 Å². The maximum atomic E-state index is 13.7. The molecule has 4 nitrogen and oxygen atoms in total. The molecule has 156 valence electrons. The van der Waals surface area contributed by atoms with E-state index in [2.05, 4.69) is 0 Å². The number of alkyl halides is 3. The lowest BCUT2D eigenvalue weighted by molar-refractivity contribution is -0.152. The molecular formula is C24H15F3O4. The Hall–Kier alpha value is -3.87. The molecule has 0 radical (unpaired) electrons. The average molecular weight is 424 g/mol. The van der Waals surface area contributed by atoms with Crippen LogP contribution in [0.1, 0.15) is 21.7 Å². The van der Waals surface area contributed by atoms with Gasteiger partial charge in [-0.3, -0.25) is 4.79 Å². The highest BCUT2D eigenvalue weighted by Crippen LogP contribution is 2.37. The lowest BCUT2D eigenvalue weighted by Gasteiger charge is -2.13. The maximum absolute atomic E-state index is 13.7. The van der Waals surface area contributed by atoms with Crippen molar-refractivity contribution in [2.45, 2.75) is 13.1 Å². The summed E-state index contributed by atoms with van der Waals surface area (Å²) < 4.78 is 51.5. The third-order valence-electron chi connectivity index (χ3n) is 4.76. The monoisotopic (exact) mass is 424 g/mol. The lowest BCUT2D eigenvalue weighted by Crippen LogP contribution is -2.16. The Morgan fingerprint density at radius 2 is 1.61 bits per heavy atom. The summed E-state index contributed by atoms with van der Waals surface area (Å²) >= 11 is 0. The summed E-state index contributed by atoms with van der Waals surface area (Å²) in [5.74, 6) is -2.11. The molecule has 0 N–H and O–H groups in total. The molecule has 4 aromatic rings. The number of carbonyl (C=O) groups is 1. The number of rotatable bonds is 3. The molecule has 0 atom stereocenters. The Bertz CT molecular complexity index is 1340. The molecule has 0 fully saturated rings. The summed E-state index contributed by atoms with van der Waals surface area (Å²) in [6.07, 6.45) is -4.90. The third-order valence-corrected chi connectivity index (χ3v) is 4.76. The highest BCUT2D eigenvalue weighted by Gasteiger charge is 2.39. The van der Waals surface area contributed by atoms with Crippen LogP contribution >= 0.6 is 0 Å². The van der Waals surface area contributed by atoms with Crippen LogP contribution in [0.4, 0.5) is 13.2 Å². The van der Waals surface area contributed by atoms with Gasteiger partial charge in [0.1, 0.15) is 11.3 Å². The summed E-state index contributed by atoms with van der Waals surface area (Å²) in [6.45, 7) is 1.73. The summed E-state index contributed by atoms with van der Waals surface area (Å²) in [7, 11) is 0. The number of halogens is 3. The first-order valence-corrected chi connectivity index (χ1v) is 9.27. The number of benzene rings is 3. The van der Waals surface area contributed by atoms with Crippen LogP contribution in [0.3, 0.4) is 0 Å². The second kappa shape index (κ2) is 7.75. The molecule has 1 aromatic heterocycles. The minimum Gasteiger partial charge on any atom is -0.450 e. The molecule has 0 aliphatic heterocycles. The highest BCUT2D eigenvalue weighted by molar-refractivity contribution is 5.93. The topological polar surface area (TPSA) is 56.5 Å². The Balaban J connectivity index is 1.83. The minimum absolute atomic E-state index is 0.0375. The van der Waals surface area contributed by atoms with Gasteiger partial charge in [-0.2, -0.15) is 13.2 Å². The summed E-state index contributed by atoms with van der Waals surface area (Å²) in [5.41, 5.74) is -0.611. The van der Waals surface area contributed by atoms with E-state index in [-0.39, 0.29) is 22.3 Å². The number of hydrogen-bond donors (Lipinski definition) is 0. The minimum atomic E-state index is -4.90. The predicted molar refractivity (Wildman–Crippen MR) is 109 cm³/mol. The number of carbonyl (C=O) groups excluding carboxylic acids is 1. The van der Waals surface area contributed by atoms with Crippen LogP contribution in [0, 0.1) is 6.92 Å². The normalized spacial score (nSPS) is 11.5. The molecule has 0 unspecified atom stereocenters. The van der Waals surface area contributed by atoms with Gasteiger partial charge in [-0.15, -0.1) is 0 Å². The first-order valence-electron chi connectivity index (χ1n) is 9.27. The number of ether oxygens (including phenoxy) is 1. The fourth-order valence-electron chi connectivity index (χ4n) is 3.27. The average Bonchev–Trinajstić information content (AvgIpc) is 2.73. The zero-order chi connectivity index (χ0) is 22.2. The SMILES string of the molecule is Cc1ccccc1C(=O)Oc1ccc2c(=O)c(-c3ccccc3)c(C(F)(F)F)oc2c1. The van der Waals surface area contributed by atoms with Gasteiger partial charge in [-0.25, -0.2) is 4.79 Å². The molecule has 3 aromatic carbocycles. The zero-order valence-corrected chi connectivity index (χ0v) is 16.2. The second-order valence-corrected chi connectivity index (χ2v) is 6.86. The molecule has 31 heavy (non-hydrogen) atoms. The molecule has 0 saturated heterocycles. The van der Waals surface area contributed by atoms with E-state index < -0.39 is 28.9 Å². The summed E-state index contributed by atoms with van der Waals surface area (Å²) in [4.78, 5) is 25.3. The standard InChI is InChI=1S/C24H15F3O4/c1-14-7-5-6-10-17(14)23(29)30-16-11-12-18-19(13-16)31-22(24(25,26)27)20(21(18)28)15-8-3-2-4-9-15/h2-13H,1H3. The quantitative estimate of drug-likeness (QED) is 0.299. The van der Waals surface area contributed by atoms with Crippen LogP contribution in [0.15, 0.2) is 82.0 Å². The van der Waals surface area contributed by atoms with Crippen molar-refractivity contribution in [3.8, 4) is 16.9 Å². The van der Waals surface area contributed by atoms with Crippen molar-refractivity contribution in [2.24, 2.45) is 0 Å². The van der Waals surface area contributed by atoms with Crippen molar-refractivity contribution in [2.75, 3.05) is 0 Å². The van der Waals surface area contributed by atoms with Gasteiger partial charge in [0.05, 0.1) is 16.5 Å². The van der Waals surface area contributed by atoms with Gasteiger partial charge in [0.25, 0.3) is 0 Å². The smallest absolute Gasteiger partial charge is 0.450 e. The van der Waals surface area contributed by atoms with Crippen LogP contribution < -0.4 is 10.2 Å². The van der Waals surface area contributed by atoms with Crippen LogP contribution in [0.5, 0.6) is 5.75 Å². The molecule has 0 bridgehead atoms. The predicted octanol–water partition coefficient (Wildman–Crippen LogP) is 6.01. The fraction of sp³-hybridized carbons (Fsp3) is 0.0833. The fourth-order valence-corrected chi connectivity index (χ4v) is 3.27. The van der Waals surface area contributed by atoms with E-state index in [0.29, 0.717) is 11.1 Å².